The molecule has 24 heavy (non-hydrogen) atoms. The van der Waals surface area contributed by atoms with Gasteiger partial charge in [-0.15, -0.1) is 12.4 Å². The first-order valence-corrected chi connectivity index (χ1v) is 8.54. The van der Waals surface area contributed by atoms with Crippen LogP contribution in [0.1, 0.15) is 30.9 Å². The van der Waals surface area contributed by atoms with Crippen LogP contribution >= 0.6 is 35.6 Å². The molecule has 0 aliphatic carbocycles. The Morgan fingerprint density at radius 2 is 1.79 bits per heavy atom. The third-order valence-electron chi connectivity index (χ3n) is 4.44. The van der Waals surface area contributed by atoms with Gasteiger partial charge in [0.2, 0.25) is 11.8 Å². The SMILES string of the molecule is Cl.O=C1CN(C2CCNCC2)C(=O)CC(c2ccc(Cl)c(Cl)c2)N1. The highest BCUT2D eigenvalue weighted by Gasteiger charge is 2.33. The fourth-order valence-electron chi connectivity index (χ4n) is 3.21. The summed E-state index contributed by atoms with van der Waals surface area (Å²) in [6.07, 6.45) is 2.01. The van der Waals surface area contributed by atoms with Gasteiger partial charge in [-0.25, -0.2) is 0 Å². The summed E-state index contributed by atoms with van der Waals surface area (Å²) < 4.78 is 0. The first-order chi connectivity index (χ1) is 11.0. The molecule has 2 fully saturated rings. The minimum absolute atomic E-state index is 0. The average Bonchev–Trinajstić information content (AvgIpc) is 2.69. The first-order valence-electron chi connectivity index (χ1n) is 7.79. The number of rotatable bonds is 2. The normalized spacial score (nSPS) is 22.6. The predicted octanol–water partition coefficient (Wildman–Crippen LogP) is 2.56. The van der Waals surface area contributed by atoms with E-state index in [1.165, 1.54) is 0 Å². The second-order valence-corrected chi connectivity index (χ2v) is 6.81. The first kappa shape index (κ1) is 19.3. The lowest BCUT2D eigenvalue weighted by molar-refractivity contribution is -0.136. The van der Waals surface area contributed by atoms with Gasteiger partial charge in [0.1, 0.15) is 0 Å². The third kappa shape index (κ3) is 4.33. The molecule has 5 nitrogen and oxygen atoms in total. The zero-order valence-electron chi connectivity index (χ0n) is 13.1. The molecule has 3 rings (SSSR count). The van der Waals surface area contributed by atoms with Gasteiger partial charge >= 0.3 is 0 Å². The number of amides is 2. The molecule has 0 bridgehead atoms. The lowest BCUT2D eigenvalue weighted by Gasteiger charge is -2.33. The Morgan fingerprint density at radius 1 is 1.08 bits per heavy atom. The van der Waals surface area contributed by atoms with Crippen LogP contribution in [0.2, 0.25) is 10.0 Å². The van der Waals surface area contributed by atoms with E-state index in [1.54, 1.807) is 23.1 Å². The van der Waals surface area contributed by atoms with Gasteiger partial charge in [0.25, 0.3) is 0 Å². The molecule has 0 spiro atoms. The van der Waals surface area contributed by atoms with Crippen LogP contribution in [0, 0.1) is 0 Å². The second-order valence-electron chi connectivity index (χ2n) is 6.00. The van der Waals surface area contributed by atoms with Crippen molar-refractivity contribution in [1.82, 2.24) is 15.5 Å². The smallest absolute Gasteiger partial charge is 0.240 e. The maximum absolute atomic E-state index is 12.6. The van der Waals surface area contributed by atoms with Crippen molar-refractivity contribution in [2.24, 2.45) is 0 Å². The monoisotopic (exact) mass is 391 g/mol. The molecule has 1 aromatic rings. The van der Waals surface area contributed by atoms with Gasteiger partial charge in [-0.3, -0.25) is 9.59 Å². The van der Waals surface area contributed by atoms with E-state index in [2.05, 4.69) is 10.6 Å². The zero-order chi connectivity index (χ0) is 16.4. The van der Waals surface area contributed by atoms with E-state index in [1.807, 2.05) is 0 Å². The molecule has 0 saturated carbocycles. The van der Waals surface area contributed by atoms with Crippen molar-refractivity contribution >= 4 is 47.4 Å². The summed E-state index contributed by atoms with van der Waals surface area (Å²) in [7, 11) is 0. The third-order valence-corrected chi connectivity index (χ3v) is 5.18. The van der Waals surface area contributed by atoms with Crippen LogP contribution in [0.5, 0.6) is 0 Å². The van der Waals surface area contributed by atoms with Crippen LogP contribution in [0.4, 0.5) is 0 Å². The maximum atomic E-state index is 12.6. The highest BCUT2D eigenvalue weighted by atomic mass is 35.5. The highest BCUT2D eigenvalue weighted by molar-refractivity contribution is 6.42. The summed E-state index contributed by atoms with van der Waals surface area (Å²) >= 11 is 12.0. The molecule has 0 aromatic heterocycles. The molecule has 2 amide bonds. The number of carbonyl (C=O) groups excluding carboxylic acids is 2. The quantitative estimate of drug-likeness (QED) is 0.813. The van der Waals surface area contributed by atoms with Crippen molar-refractivity contribution in [3.05, 3.63) is 33.8 Å². The summed E-state index contributed by atoms with van der Waals surface area (Å²) in [5.74, 6) is -0.128. The second kappa shape index (κ2) is 8.39. The fourth-order valence-corrected chi connectivity index (χ4v) is 3.51. The Morgan fingerprint density at radius 3 is 2.46 bits per heavy atom. The van der Waals surface area contributed by atoms with E-state index >= 15 is 0 Å². The van der Waals surface area contributed by atoms with E-state index in [0.717, 1.165) is 31.5 Å². The van der Waals surface area contributed by atoms with E-state index in [-0.39, 0.29) is 49.3 Å². The van der Waals surface area contributed by atoms with E-state index in [4.69, 9.17) is 23.2 Å². The summed E-state index contributed by atoms with van der Waals surface area (Å²) in [5, 5.41) is 7.08. The van der Waals surface area contributed by atoms with Crippen LogP contribution in [0.25, 0.3) is 0 Å². The molecule has 2 saturated heterocycles. The van der Waals surface area contributed by atoms with Crippen molar-refractivity contribution in [3.8, 4) is 0 Å². The van der Waals surface area contributed by atoms with E-state index < -0.39 is 0 Å². The molecule has 2 aliphatic rings. The number of carbonyl (C=O) groups is 2. The summed E-state index contributed by atoms with van der Waals surface area (Å²) in [6.45, 7) is 1.89. The van der Waals surface area contributed by atoms with Gasteiger partial charge in [-0.05, 0) is 43.6 Å². The lowest BCUT2D eigenvalue weighted by Crippen LogP contribution is -2.47. The van der Waals surface area contributed by atoms with Crippen molar-refractivity contribution in [1.29, 1.82) is 0 Å². The highest BCUT2D eigenvalue weighted by Crippen LogP contribution is 2.29. The molecule has 2 aliphatic heterocycles. The van der Waals surface area contributed by atoms with Gasteiger partial charge in [0, 0.05) is 6.04 Å². The minimum Gasteiger partial charge on any atom is -0.347 e. The Labute approximate surface area is 157 Å². The van der Waals surface area contributed by atoms with Gasteiger partial charge in [0.05, 0.1) is 29.1 Å². The topological polar surface area (TPSA) is 61.4 Å². The van der Waals surface area contributed by atoms with Crippen molar-refractivity contribution < 1.29 is 9.59 Å². The number of nitrogens with zero attached hydrogens (tertiary/aromatic N) is 1. The standard InChI is InChI=1S/C16H19Cl2N3O2.ClH/c17-12-2-1-10(7-13(12)18)14-8-16(23)21(9-15(22)20-14)11-3-5-19-6-4-11;/h1-2,7,11,14,19H,3-6,8-9H2,(H,20,22);1H. The van der Waals surface area contributed by atoms with Crippen molar-refractivity contribution in [2.75, 3.05) is 19.6 Å². The maximum Gasteiger partial charge on any atom is 0.240 e. The minimum atomic E-state index is -0.364. The summed E-state index contributed by atoms with van der Waals surface area (Å²) in [6, 6.07) is 4.97. The van der Waals surface area contributed by atoms with Gasteiger partial charge in [0.15, 0.2) is 0 Å². The van der Waals surface area contributed by atoms with Gasteiger partial charge in [-0.2, -0.15) is 0 Å². The summed E-state index contributed by atoms with van der Waals surface area (Å²) in [4.78, 5) is 26.6. The van der Waals surface area contributed by atoms with Crippen molar-refractivity contribution in [3.63, 3.8) is 0 Å². The zero-order valence-corrected chi connectivity index (χ0v) is 15.4. The number of hydrogen-bond acceptors (Lipinski definition) is 3. The molecule has 1 atom stereocenters. The number of benzene rings is 1. The average molecular weight is 393 g/mol. The fraction of sp³-hybridized carbons (Fsp3) is 0.500. The molecule has 132 valence electrons. The Bertz CT molecular complexity index is 621. The summed E-state index contributed by atoms with van der Waals surface area (Å²) in [5.41, 5.74) is 0.799. The number of nitrogens with one attached hydrogen (secondary N) is 2. The number of halogens is 3. The molecule has 2 N–H and O–H groups in total. The molecule has 8 heteroatoms. The molecule has 1 aromatic carbocycles. The Hall–Kier alpha value is -1.01. The molecular weight excluding hydrogens is 373 g/mol. The van der Waals surface area contributed by atoms with Crippen molar-refractivity contribution in [2.45, 2.75) is 31.3 Å². The van der Waals surface area contributed by atoms with Gasteiger partial charge < -0.3 is 15.5 Å². The predicted molar refractivity (Wildman–Crippen MR) is 96.8 cm³/mol. The van der Waals surface area contributed by atoms with Crippen LogP contribution < -0.4 is 10.6 Å². The number of piperidine rings is 1. The molecule has 0 radical (unpaired) electrons. The van der Waals surface area contributed by atoms with Crippen LogP contribution in [0.15, 0.2) is 18.2 Å². The van der Waals surface area contributed by atoms with E-state index in [0.29, 0.717) is 10.0 Å². The number of hydrogen-bond donors (Lipinski definition) is 2. The Balaban J connectivity index is 0.00000208. The van der Waals surface area contributed by atoms with Crippen LogP contribution in [0.3, 0.4) is 0 Å². The van der Waals surface area contributed by atoms with Gasteiger partial charge in [-0.1, -0.05) is 29.3 Å². The van der Waals surface area contributed by atoms with E-state index in [9.17, 15) is 9.59 Å². The largest absolute Gasteiger partial charge is 0.347 e. The molecule has 2 heterocycles. The molecular formula is C16H20Cl3N3O2. The Kier molecular flexibility index (Phi) is 6.75. The van der Waals surface area contributed by atoms with Crippen LogP contribution in [-0.2, 0) is 9.59 Å². The van der Waals surface area contributed by atoms with Crippen LogP contribution in [-0.4, -0.2) is 42.4 Å². The molecule has 1 unspecified atom stereocenters. The lowest BCUT2D eigenvalue weighted by atomic mass is 10.0.